The van der Waals surface area contributed by atoms with Gasteiger partial charge in [-0.2, -0.15) is 27.0 Å². The maximum atomic E-state index is 12.7. The van der Waals surface area contributed by atoms with E-state index in [4.69, 9.17) is 29.4 Å². The Hall–Kier alpha value is -4.71. The van der Waals surface area contributed by atoms with Gasteiger partial charge in [0.2, 0.25) is 23.6 Å². The maximum absolute atomic E-state index is 12.7. The zero-order chi connectivity index (χ0) is 40.5. The Kier molecular flexibility index (Phi) is 9.91. The van der Waals surface area contributed by atoms with Crippen molar-refractivity contribution < 1.29 is 63.1 Å². The lowest BCUT2D eigenvalue weighted by molar-refractivity contribution is -0.0531. The Morgan fingerprint density at radius 3 is 1.66 bits per heavy atom. The number of aliphatic imine (C=N–C) groups is 1. The van der Waals surface area contributed by atoms with Crippen LogP contribution in [0, 0.1) is 10.8 Å². The van der Waals surface area contributed by atoms with Gasteiger partial charge in [-0.3, -0.25) is 14.1 Å². The molecule has 2 aromatic heterocycles. The summed E-state index contributed by atoms with van der Waals surface area (Å²) in [7, 11) is -9.67. The Labute approximate surface area is 318 Å². The Morgan fingerprint density at radius 2 is 1.29 bits per heavy atom. The number of hydroxylamine groups is 4. The molecule has 6 fully saturated rings. The summed E-state index contributed by atoms with van der Waals surface area (Å²) in [6, 6.07) is -3.58. The monoisotopic (exact) mass is 832 g/mol. The molecule has 28 heteroatoms. The van der Waals surface area contributed by atoms with E-state index >= 15 is 0 Å². The van der Waals surface area contributed by atoms with Crippen LogP contribution in [0.15, 0.2) is 26.1 Å². The number of urea groups is 2. The van der Waals surface area contributed by atoms with Crippen LogP contribution in [0.5, 0.6) is 0 Å². The lowest BCUT2D eigenvalue weighted by Gasteiger charge is -2.34. The molecule has 8 rings (SSSR count). The summed E-state index contributed by atoms with van der Waals surface area (Å²) in [6.07, 6.45) is 1.78. The fourth-order valence-corrected chi connectivity index (χ4v) is 8.47. The molecule has 56 heavy (non-hydrogen) atoms. The number of aromatic nitrogens is 4. The molecule has 26 nitrogen and oxygen atoms in total. The van der Waals surface area contributed by atoms with Crippen molar-refractivity contribution in [3.05, 3.63) is 35.8 Å². The SMILES string of the molecule is C=C(C)NCC(O)c1nnc([C@@H]2CC3(CC3)[C@@H]3CN2C(=O)N3OS(=O)(=O)O)o1.NC(N)=NCC(O)c1nnc([C@@H]2CC3(CC3)[C@@H]3CN2C(=O)N3OS(=O)(=O)O)o1. The maximum Gasteiger partial charge on any atom is 0.418 e. The fraction of sp³-hybridized carbons (Fsp3) is 0.679. The number of carbonyl (C=O) groups is 2. The molecule has 2 aromatic rings. The van der Waals surface area contributed by atoms with Crippen molar-refractivity contribution in [2.45, 2.75) is 81.8 Å². The molecule has 0 radical (unpaired) electrons. The highest BCUT2D eigenvalue weighted by atomic mass is 32.3. The van der Waals surface area contributed by atoms with Gasteiger partial charge in [-0.1, -0.05) is 6.58 Å². The molecule has 4 aliphatic heterocycles. The van der Waals surface area contributed by atoms with Gasteiger partial charge in [0.1, 0.15) is 18.2 Å². The third-order valence-corrected chi connectivity index (χ3v) is 11.5. The number of hydrogen-bond acceptors (Lipinski definition) is 18. The number of allylic oxidation sites excluding steroid dienone is 1. The molecule has 4 amide bonds. The molecule has 6 heterocycles. The number of hydrogen-bond donors (Lipinski definition) is 7. The predicted octanol–water partition coefficient (Wildman–Crippen LogP) is -1.27. The van der Waals surface area contributed by atoms with Crippen molar-refractivity contribution in [3.8, 4) is 0 Å². The summed E-state index contributed by atoms with van der Waals surface area (Å²) in [6.45, 7) is 5.81. The quantitative estimate of drug-likeness (QED) is 0.0703. The number of nitrogens with two attached hydrogens (primary N) is 2. The van der Waals surface area contributed by atoms with E-state index in [1.807, 2.05) is 0 Å². The number of amides is 4. The molecule has 4 bridgehead atoms. The van der Waals surface area contributed by atoms with Crippen molar-refractivity contribution in [1.82, 2.24) is 45.6 Å². The average Bonchev–Trinajstić information content (AvgIpc) is 3.80. The largest absolute Gasteiger partial charge is 0.420 e. The van der Waals surface area contributed by atoms with Gasteiger partial charge in [-0.15, -0.1) is 29.0 Å². The third-order valence-electron chi connectivity index (χ3n) is 10.8. The number of aliphatic hydroxyl groups is 2. The molecule has 308 valence electrons. The highest BCUT2D eigenvalue weighted by Gasteiger charge is 2.66. The predicted molar refractivity (Wildman–Crippen MR) is 181 cm³/mol. The zero-order valence-electron chi connectivity index (χ0n) is 29.6. The lowest BCUT2D eigenvalue weighted by atomic mass is 9.85. The van der Waals surface area contributed by atoms with Gasteiger partial charge in [0, 0.05) is 25.3 Å². The molecule has 6 aliphatic rings. The van der Waals surface area contributed by atoms with Crippen molar-refractivity contribution in [3.63, 3.8) is 0 Å². The van der Waals surface area contributed by atoms with Gasteiger partial charge < -0.3 is 45.6 Å². The number of carbonyl (C=O) groups excluding carboxylic acids is 2. The van der Waals surface area contributed by atoms with Crippen LogP contribution in [0.1, 0.15) is 93.3 Å². The van der Waals surface area contributed by atoms with Crippen molar-refractivity contribution in [1.29, 1.82) is 0 Å². The van der Waals surface area contributed by atoms with E-state index in [1.54, 1.807) is 6.92 Å². The summed E-state index contributed by atoms with van der Waals surface area (Å²) in [5.41, 5.74) is 10.4. The second kappa shape index (κ2) is 14.0. The van der Waals surface area contributed by atoms with Crippen LogP contribution in [0.25, 0.3) is 0 Å². The van der Waals surface area contributed by atoms with Gasteiger partial charge in [0.15, 0.2) is 12.1 Å². The summed E-state index contributed by atoms with van der Waals surface area (Å²) in [4.78, 5) is 31.7. The van der Waals surface area contributed by atoms with E-state index in [-0.39, 0.29) is 66.5 Å². The van der Waals surface area contributed by atoms with Crippen molar-refractivity contribution >= 4 is 38.8 Å². The molecule has 2 unspecified atom stereocenters. The zero-order valence-corrected chi connectivity index (χ0v) is 31.2. The number of nitrogens with one attached hydrogen (secondary N) is 1. The molecular weight excluding hydrogens is 793 g/mol. The topological polar surface area (TPSA) is 369 Å². The molecule has 2 aliphatic carbocycles. The fourth-order valence-electron chi connectivity index (χ4n) is 7.73. The summed E-state index contributed by atoms with van der Waals surface area (Å²) in [5.74, 6) is -0.0332. The highest BCUT2D eigenvalue weighted by molar-refractivity contribution is 7.81. The van der Waals surface area contributed by atoms with E-state index < -0.39 is 69.2 Å². The van der Waals surface area contributed by atoms with Crippen LogP contribution in [0.2, 0.25) is 0 Å². The van der Waals surface area contributed by atoms with E-state index in [1.165, 1.54) is 9.80 Å². The van der Waals surface area contributed by atoms with Crippen LogP contribution >= 0.6 is 0 Å². The molecular formula is C28H40N12O14S2. The van der Waals surface area contributed by atoms with Crippen LogP contribution in [0.3, 0.4) is 0 Å². The standard InChI is InChI=1S/C15H21N5O7S.C13H19N7O7S/c1-8(2)16-6-10(21)13-18-17-12(26-13)9-5-15(3-4-15)11-7-19(9)14(22)20(11)27-28(23,24)25;14-11(15)16-4-7(21)10-18-17-9(26-10)6-3-13(1-2-13)8-5-19(6)12(22)20(8)27-28(23,24)25/h9-11,16,21H,1,3-7H2,2H3,(H,23,24,25);6-8,21H,1-5H2,(H4,14,15,16)(H,23,24,25)/t9-,10?,11-;6-,7?,8-/m00/s1. The molecule has 0 aromatic carbocycles. The van der Waals surface area contributed by atoms with E-state index in [0.29, 0.717) is 23.6 Å². The number of rotatable bonds is 13. The minimum Gasteiger partial charge on any atom is -0.420 e. The van der Waals surface area contributed by atoms with Gasteiger partial charge >= 0.3 is 32.9 Å². The molecule has 4 saturated heterocycles. The van der Waals surface area contributed by atoms with Crippen LogP contribution in [-0.2, 0) is 29.4 Å². The van der Waals surface area contributed by atoms with Crippen molar-refractivity contribution in [2.75, 3.05) is 26.2 Å². The first-order valence-electron chi connectivity index (χ1n) is 17.2. The first kappa shape index (κ1) is 39.5. The van der Waals surface area contributed by atoms with Gasteiger partial charge in [-0.05, 0) is 56.3 Å². The summed E-state index contributed by atoms with van der Waals surface area (Å²) >= 11 is 0. The Morgan fingerprint density at radius 1 is 0.857 bits per heavy atom. The lowest BCUT2D eigenvalue weighted by Crippen LogP contribution is -2.43. The average molecular weight is 833 g/mol. The minimum atomic E-state index is -4.84. The van der Waals surface area contributed by atoms with Gasteiger partial charge in [0.25, 0.3) is 0 Å². The minimum absolute atomic E-state index is 0.00779. The van der Waals surface area contributed by atoms with Gasteiger partial charge in [-0.25, -0.2) is 9.59 Å². The number of nitrogens with zero attached hydrogens (tertiary/aromatic N) is 9. The van der Waals surface area contributed by atoms with Gasteiger partial charge in [0.05, 0.1) is 18.6 Å². The summed E-state index contributed by atoms with van der Waals surface area (Å²) < 4.78 is 82.7. The number of aliphatic hydroxyl groups excluding tert-OH is 2. The number of guanidine groups is 1. The highest BCUT2D eigenvalue weighted by Crippen LogP contribution is 2.63. The second-order valence-corrected chi connectivity index (χ2v) is 16.6. The first-order valence-corrected chi connectivity index (χ1v) is 19.9. The molecule has 2 saturated carbocycles. The third kappa shape index (κ3) is 7.81. The van der Waals surface area contributed by atoms with Crippen molar-refractivity contribution in [2.24, 2.45) is 27.3 Å². The summed E-state index contributed by atoms with van der Waals surface area (Å²) in [5, 5.41) is 40.0. The van der Waals surface area contributed by atoms with E-state index in [2.05, 4.69) is 45.9 Å². The normalized spacial score (nSPS) is 26.6. The van der Waals surface area contributed by atoms with Crippen LogP contribution < -0.4 is 16.8 Å². The first-order chi connectivity index (χ1) is 26.2. The number of piperidine rings is 2. The van der Waals surface area contributed by atoms with E-state index in [9.17, 15) is 36.6 Å². The molecule has 2 spiro atoms. The second-order valence-electron chi connectivity index (χ2n) is 14.6. The van der Waals surface area contributed by atoms with E-state index in [0.717, 1.165) is 30.7 Å². The Bertz CT molecular complexity index is 2130. The number of fused-ring (bicyclic) bond motifs is 6. The van der Waals surface area contributed by atoms with Crippen LogP contribution in [0.4, 0.5) is 9.59 Å². The smallest absolute Gasteiger partial charge is 0.418 e. The Balaban J connectivity index is 0.000000172. The van der Waals surface area contributed by atoms with Crippen LogP contribution in [-0.4, -0.2) is 133 Å². The molecule has 6 atom stereocenters. The molecule has 9 N–H and O–H groups in total.